The summed E-state index contributed by atoms with van der Waals surface area (Å²) in [5.74, 6) is -2.15. The van der Waals surface area contributed by atoms with Gasteiger partial charge in [0.15, 0.2) is 5.69 Å². The Morgan fingerprint density at radius 1 is 1.13 bits per heavy atom. The lowest BCUT2D eigenvalue weighted by atomic mass is 10.2. The predicted octanol–water partition coefficient (Wildman–Crippen LogP) is 1.88. The zero-order valence-corrected chi connectivity index (χ0v) is 17.8. The molecule has 9 nitrogen and oxygen atoms in total. The first-order valence-corrected chi connectivity index (χ1v) is 10.5. The maximum atomic E-state index is 11.9. The number of carboxylic acids is 1. The highest BCUT2D eigenvalue weighted by Gasteiger charge is 2.20. The highest BCUT2D eigenvalue weighted by atomic mass is 35.5. The molecule has 0 unspecified atom stereocenters. The van der Waals surface area contributed by atoms with Gasteiger partial charge in [-0.1, -0.05) is 11.6 Å². The number of hydrogen-bond donors (Lipinski definition) is 4. The Morgan fingerprint density at radius 2 is 1.84 bits per heavy atom. The minimum atomic E-state index is -1.16. The van der Waals surface area contributed by atoms with Crippen molar-refractivity contribution in [2.45, 2.75) is 6.42 Å². The second-order valence-electron chi connectivity index (χ2n) is 7.25. The number of aromatic hydroxyl groups is 1. The van der Waals surface area contributed by atoms with Gasteiger partial charge in [0.25, 0.3) is 5.91 Å². The number of anilines is 2. The van der Waals surface area contributed by atoms with Crippen LogP contribution in [0.2, 0.25) is 5.02 Å². The maximum Gasteiger partial charge on any atom is 0.322 e. The van der Waals surface area contributed by atoms with E-state index in [2.05, 4.69) is 25.4 Å². The molecule has 2 heterocycles. The molecule has 0 spiro atoms. The summed E-state index contributed by atoms with van der Waals surface area (Å²) in [7, 11) is 0. The van der Waals surface area contributed by atoms with E-state index in [-0.39, 0.29) is 11.4 Å². The molecule has 0 radical (unpaired) electrons. The van der Waals surface area contributed by atoms with E-state index in [0.717, 1.165) is 62.1 Å². The lowest BCUT2D eigenvalue weighted by molar-refractivity contribution is -0.135. The Hall–Kier alpha value is -3.04. The molecule has 1 aromatic carbocycles. The number of piperazine rings is 1. The van der Waals surface area contributed by atoms with Crippen LogP contribution in [0.3, 0.4) is 0 Å². The Morgan fingerprint density at radius 3 is 2.48 bits per heavy atom. The molecule has 1 aromatic heterocycles. The summed E-state index contributed by atoms with van der Waals surface area (Å²) < 4.78 is 0. The van der Waals surface area contributed by atoms with Crippen LogP contribution in [0.4, 0.5) is 11.4 Å². The monoisotopic (exact) mass is 447 g/mol. The molecule has 0 aliphatic carbocycles. The average Bonchev–Trinajstić information content (AvgIpc) is 2.76. The normalized spacial score (nSPS) is 14.3. The number of nitrogens with one attached hydrogen (secondary N) is 2. The topological polar surface area (TPSA) is 118 Å². The molecule has 1 aliphatic rings. The van der Waals surface area contributed by atoms with Crippen molar-refractivity contribution in [3.8, 4) is 5.75 Å². The number of amides is 1. The lowest BCUT2D eigenvalue weighted by Crippen LogP contribution is -2.46. The first kappa shape index (κ1) is 22.6. The van der Waals surface area contributed by atoms with Gasteiger partial charge in [-0.3, -0.25) is 14.5 Å². The number of hydrogen-bond acceptors (Lipinski definition) is 7. The van der Waals surface area contributed by atoms with E-state index in [1.54, 1.807) is 0 Å². The molecular weight excluding hydrogens is 422 g/mol. The first-order valence-electron chi connectivity index (χ1n) is 10.1. The van der Waals surface area contributed by atoms with Gasteiger partial charge in [0.05, 0.1) is 11.9 Å². The van der Waals surface area contributed by atoms with Crippen molar-refractivity contribution in [2.24, 2.45) is 0 Å². The molecule has 0 atom stereocenters. The standard InChI is InChI=1S/C21H26ClN5O4/c22-15-2-4-16(5-3-15)23-6-1-7-26-8-10-27(11-9-26)17-12-18(28)20(24-13-17)21(31)25-14-19(29)30/h2-5,12-13,23,28H,1,6-11,14H2,(H,25,31)(H,29,30). The molecule has 0 bridgehead atoms. The number of pyridine rings is 1. The fourth-order valence-corrected chi connectivity index (χ4v) is 3.49. The minimum Gasteiger partial charge on any atom is -0.505 e. The third-order valence-electron chi connectivity index (χ3n) is 5.03. The van der Waals surface area contributed by atoms with Crippen LogP contribution < -0.4 is 15.5 Å². The van der Waals surface area contributed by atoms with Crippen molar-refractivity contribution < 1.29 is 19.8 Å². The number of benzene rings is 1. The van der Waals surface area contributed by atoms with Crippen LogP contribution in [0.1, 0.15) is 16.9 Å². The van der Waals surface area contributed by atoms with E-state index in [1.165, 1.54) is 12.3 Å². The highest BCUT2D eigenvalue weighted by molar-refractivity contribution is 6.30. The van der Waals surface area contributed by atoms with Gasteiger partial charge < -0.3 is 25.7 Å². The smallest absolute Gasteiger partial charge is 0.322 e. The van der Waals surface area contributed by atoms with E-state index in [0.29, 0.717) is 0 Å². The number of aliphatic carboxylic acids is 1. The predicted molar refractivity (Wildman–Crippen MR) is 119 cm³/mol. The van der Waals surface area contributed by atoms with Gasteiger partial charge in [-0.25, -0.2) is 4.98 Å². The van der Waals surface area contributed by atoms with Gasteiger partial charge in [0.1, 0.15) is 12.3 Å². The SMILES string of the molecule is O=C(O)CNC(=O)c1ncc(N2CCN(CCCNc3ccc(Cl)cc3)CC2)cc1O. The number of carbonyl (C=O) groups is 2. The first-order chi connectivity index (χ1) is 14.9. The van der Waals surface area contributed by atoms with Crippen molar-refractivity contribution in [1.82, 2.24) is 15.2 Å². The average molecular weight is 448 g/mol. The highest BCUT2D eigenvalue weighted by Crippen LogP contribution is 2.23. The van der Waals surface area contributed by atoms with Crippen LogP contribution in [-0.2, 0) is 4.79 Å². The zero-order chi connectivity index (χ0) is 22.2. The van der Waals surface area contributed by atoms with E-state index >= 15 is 0 Å². The fraction of sp³-hybridized carbons (Fsp3) is 0.381. The van der Waals surface area contributed by atoms with Crippen molar-refractivity contribution in [3.63, 3.8) is 0 Å². The largest absolute Gasteiger partial charge is 0.505 e. The Bertz CT molecular complexity index is 901. The van der Waals surface area contributed by atoms with E-state index in [9.17, 15) is 14.7 Å². The van der Waals surface area contributed by atoms with Gasteiger partial charge in [-0.15, -0.1) is 0 Å². The molecule has 1 fully saturated rings. The summed E-state index contributed by atoms with van der Waals surface area (Å²) in [6.45, 7) is 4.70. The molecule has 4 N–H and O–H groups in total. The van der Waals surface area contributed by atoms with Crippen molar-refractivity contribution in [2.75, 3.05) is 56.0 Å². The molecule has 3 rings (SSSR count). The van der Waals surface area contributed by atoms with Gasteiger partial charge in [0.2, 0.25) is 0 Å². The van der Waals surface area contributed by atoms with E-state index in [4.69, 9.17) is 16.7 Å². The molecular formula is C21H26ClN5O4. The van der Waals surface area contributed by atoms with Crippen LogP contribution in [-0.4, -0.2) is 77.8 Å². The quantitative estimate of drug-likeness (QED) is 0.430. The van der Waals surface area contributed by atoms with Gasteiger partial charge in [-0.2, -0.15) is 0 Å². The number of carbonyl (C=O) groups excluding carboxylic acids is 1. The number of rotatable bonds is 9. The summed E-state index contributed by atoms with van der Waals surface area (Å²) in [6.07, 6.45) is 2.55. The van der Waals surface area contributed by atoms with Gasteiger partial charge >= 0.3 is 5.97 Å². The Labute approximate surface area is 185 Å². The van der Waals surface area contributed by atoms with Crippen LogP contribution in [0.15, 0.2) is 36.5 Å². The molecule has 1 aliphatic heterocycles. The summed E-state index contributed by atoms with van der Waals surface area (Å²) in [5, 5.41) is 25.1. The molecule has 1 amide bonds. The Kier molecular flexibility index (Phi) is 7.91. The third kappa shape index (κ3) is 6.73. The molecule has 166 valence electrons. The second kappa shape index (κ2) is 10.8. The number of aromatic nitrogens is 1. The molecule has 2 aromatic rings. The van der Waals surface area contributed by atoms with Crippen LogP contribution in [0, 0.1) is 0 Å². The van der Waals surface area contributed by atoms with Crippen molar-refractivity contribution in [1.29, 1.82) is 0 Å². The Balaban J connectivity index is 1.41. The summed E-state index contributed by atoms with van der Waals surface area (Å²) in [5.41, 5.74) is 1.61. The number of nitrogens with zero attached hydrogens (tertiary/aromatic N) is 3. The van der Waals surface area contributed by atoms with Crippen molar-refractivity contribution in [3.05, 3.63) is 47.2 Å². The van der Waals surface area contributed by atoms with Gasteiger partial charge in [-0.05, 0) is 37.2 Å². The molecule has 1 saturated heterocycles. The molecule has 0 saturated carbocycles. The maximum absolute atomic E-state index is 11.9. The van der Waals surface area contributed by atoms with Crippen LogP contribution in [0.5, 0.6) is 5.75 Å². The summed E-state index contributed by atoms with van der Waals surface area (Å²) in [6, 6.07) is 9.15. The van der Waals surface area contributed by atoms with E-state index in [1.807, 2.05) is 24.3 Å². The van der Waals surface area contributed by atoms with Crippen LogP contribution >= 0.6 is 11.6 Å². The number of carboxylic acid groups (broad SMARTS) is 1. The second-order valence-corrected chi connectivity index (χ2v) is 7.69. The summed E-state index contributed by atoms with van der Waals surface area (Å²) >= 11 is 5.89. The zero-order valence-electron chi connectivity index (χ0n) is 17.1. The molecule has 10 heteroatoms. The fourth-order valence-electron chi connectivity index (χ4n) is 3.36. The minimum absolute atomic E-state index is 0.183. The summed E-state index contributed by atoms with van der Waals surface area (Å²) in [4.78, 5) is 31.0. The van der Waals surface area contributed by atoms with Crippen LogP contribution in [0.25, 0.3) is 0 Å². The lowest BCUT2D eigenvalue weighted by Gasteiger charge is -2.36. The molecule has 31 heavy (non-hydrogen) atoms. The van der Waals surface area contributed by atoms with Gasteiger partial charge in [0, 0.05) is 49.5 Å². The van der Waals surface area contributed by atoms with E-state index < -0.39 is 18.4 Å². The third-order valence-corrected chi connectivity index (χ3v) is 5.28. The van der Waals surface area contributed by atoms with Crippen molar-refractivity contribution >= 4 is 34.9 Å². The number of halogens is 1.